The predicted molar refractivity (Wildman–Crippen MR) is 78.4 cm³/mol. The lowest BCUT2D eigenvalue weighted by molar-refractivity contribution is 0.103. The van der Waals surface area contributed by atoms with E-state index in [9.17, 15) is 9.18 Å². The van der Waals surface area contributed by atoms with Crippen LogP contribution in [-0.4, -0.2) is 10.9 Å². The van der Waals surface area contributed by atoms with Crippen molar-refractivity contribution in [2.24, 2.45) is 0 Å². The summed E-state index contributed by atoms with van der Waals surface area (Å²) in [6, 6.07) is 8.60. The molecule has 4 nitrogen and oxygen atoms in total. The number of carbonyl (C=O) groups is 1. The highest BCUT2D eigenvalue weighted by Gasteiger charge is 2.12. The molecular formula is C14H10FN3OS. The van der Waals surface area contributed by atoms with Gasteiger partial charge >= 0.3 is 0 Å². The number of nitrogen functional groups attached to an aromatic ring is 1. The molecular weight excluding hydrogens is 277 g/mol. The van der Waals surface area contributed by atoms with E-state index in [4.69, 9.17) is 5.73 Å². The Morgan fingerprint density at radius 3 is 2.95 bits per heavy atom. The number of nitrogens with zero attached hydrogens (tertiary/aromatic N) is 1. The molecule has 3 rings (SSSR count). The van der Waals surface area contributed by atoms with Crippen molar-refractivity contribution in [2.75, 3.05) is 11.1 Å². The zero-order valence-corrected chi connectivity index (χ0v) is 11.1. The number of pyridine rings is 1. The third-order valence-electron chi connectivity index (χ3n) is 2.78. The molecule has 2 aromatic heterocycles. The summed E-state index contributed by atoms with van der Waals surface area (Å²) >= 11 is 1.33. The van der Waals surface area contributed by atoms with E-state index in [1.807, 2.05) is 6.07 Å². The summed E-state index contributed by atoms with van der Waals surface area (Å²) in [6.07, 6.45) is 2.48. The number of benzene rings is 1. The number of hydrogen-bond acceptors (Lipinski definition) is 4. The van der Waals surface area contributed by atoms with Crippen molar-refractivity contribution in [3.8, 4) is 0 Å². The summed E-state index contributed by atoms with van der Waals surface area (Å²) in [5.74, 6) is -0.916. The van der Waals surface area contributed by atoms with E-state index < -0.39 is 5.82 Å². The van der Waals surface area contributed by atoms with Gasteiger partial charge in [0.05, 0.1) is 16.8 Å². The highest BCUT2D eigenvalue weighted by atomic mass is 32.1. The number of halogens is 1. The molecule has 0 saturated carbocycles. The molecule has 0 atom stereocenters. The summed E-state index contributed by atoms with van der Waals surface area (Å²) < 4.78 is 14.4. The molecule has 0 fully saturated rings. The Balaban J connectivity index is 1.91. The Morgan fingerprint density at radius 2 is 2.15 bits per heavy atom. The monoisotopic (exact) mass is 287 g/mol. The number of carbonyl (C=O) groups excluding carboxylic acids is 1. The first kappa shape index (κ1) is 12.6. The van der Waals surface area contributed by atoms with Gasteiger partial charge in [-0.2, -0.15) is 0 Å². The van der Waals surface area contributed by atoms with Gasteiger partial charge in [-0.15, -0.1) is 11.3 Å². The lowest BCUT2D eigenvalue weighted by Gasteiger charge is -2.03. The van der Waals surface area contributed by atoms with Crippen LogP contribution in [0, 0.1) is 5.82 Å². The number of rotatable bonds is 2. The molecule has 0 bridgehead atoms. The number of nitrogens with one attached hydrogen (secondary N) is 1. The number of fused-ring (bicyclic) bond motifs is 1. The van der Waals surface area contributed by atoms with Crippen LogP contribution in [0.3, 0.4) is 0 Å². The van der Waals surface area contributed by atoms with Crippen LogP contribution in [-0.2, 0) is 0 Å². The standard InChI is InChI=1S/C14H10FN3OS/c15-10-7-17-4-3-11(10)18-14(19)13-6-8-5-9(16)1-2-12(8)20-13/h1-7H,16H2,(H,17,18,19). The molecule has 0 aliphatic carbocycles. The largest absolute Gasteiger partial charge is 0.399 e. The lowest BCUT2D eigenvalue weighted by atomic mass is 10.2. The summed E-state index contributed by atoms with van der Waals surface area (Å²) in [5, 5.41) is 3.43. The fourth-order valence-electron chi connectivity index (χ4n) is 1.83. The zero-order valence-electron chi connectivity index (χ0n) is 10.3. The zero-order chi connectivity index (χ0) is 14.1. The number of thiophene rings is 1. The molecule has 0 unspecified atom stereocenters. The van der Waals surface area contributed by atoms with Crippen LogP contribution >= 0.6 is 11.3 Å². The first-order valence-corrected chi connectivity index (χ1v) is 6.65. The van der Waals surface area contributed by atoms with Crippen LogP contribution in [0.25, 0.3) is 10.1 Å². The van der Waals surface area contributed by atoms with E-state index in [1.165, 1.54) is 23.6 Å². The molecule has 0 radical (unpaired) electrons. The minimum atomic E-state index is -0.564. The number of aromatic nitrogens is 1. The topological polar surface area (TPSA) is 68.0 Å². The molecule has 6 heteroatoms. The van der Waals surface area contributed by atoms with Gasteiger partial charge in [0.25, 0.3) is 5.91 Å². The summed E-state index contributed by atoms with van der Waals surface area (Å²) in [4.78, 5) is 16.2. The van der Waals surface area contributed by atoms with Gasteiger partial charge in [0, 0.05) is 16.6 Å². The Labute approximate surface area is 118 Å². The average Bonchev–Trinajstić information content (AvgIpc) is 2.84. The third-order valence-corrected chi connectivity index (χ3v) is 3.90. The minimum Gasteiger partial charge on any atom is -0.399 e. The van der Waals surface area contributed by atoms with Crippen molar-refractivity contribution in [1.82, 2.24) is 4.98 Å². The second-order valence-corrected chi connectivity index (χ2v) is 5.30. The quantitative estimate of drug-likeness (QED) is 0.711. The Bertz CT molecular complexity index is 800. The second kappa shape index (κ2) is 4.90. The van der Waals surface area contributed by atoms with E-state index in [-0.39, 0.29) is 11.6 Å². The predicted octanol–water partition coefficient (Wildman–Crippen LogP) is 3.27. The van der Waals surface area contributed by atoms with E-state index in [2.05, 4.69) is 10.3 Å². The molecule has 2 heterocycles. The van der Waals surface area contributed by atoms with Crippen molar-refractivity contribution in [3.63, 3.8) is 0 Å². The maximum absolute atomic E-state index is 13.4. The summed E-state index contributed by atoms with van der Waals surface area (Å²) in [6.45, 7) is 0. The van der Waals surface area contributed by atoms with Crippen LogP contribution in [0.2, 0.25) is 0 Å². The molecule has 0 aliphatic heterocycles. The van der Waals surface area contributed by atoms with E-state index in [1.54, 1.807) is 18.2 Å². The van der Waals surface area contributed by atoms with E-state index >= 15 is 0 Å². The molecule has 1 aromatic carbocycles. The van der Waals surface area contributed by atoms with Gasteiger partial charge in [-0.3, -0.25) is 9.78 Å². The van der Waals surface area contributed by atoms with Gasteiger partial charge in [0.1, 0.15) is 0 Å². The third kappa shape index (κ3) is 2.33. The normalized spacial score (nSPS) is 10.7. The maximum atomic E-state index is 13.4. The highest BCUT2D eigenvalue weighted by Crippen LogP contribution is 2.28. The molecule has 100 valence electrons. The van der Waals surface area contributed by atoms with E-state index in [0.717, 1.165) is 16.3 Å². The molecule has 0 aliphatic rings. The van der Waals surface area contributed by atoms with Crippen molar-refractivity contribution in [2.45, 2.75) is 0 Å². The number of amides is 1. The smallest absolute Gasteiger partial charge is 0.265 e. The highest BCUT2D eigenvalue weighted by molar-refractivity contribution is 7.20. The van der Waals surface area contributed by atoms with Crippen LogP contribution in [0.1, 0.15) is 9.67 Å². The summed E-state index contributed by atoms with van der Waals surface area (Å²) in [5.41, 5.74) is 6.45. The Morgan fingerprint density at radius 1 is 1.30 bits per heavy atom. The van der Waals surface area contributed by atoms with E-state index in [0.29, 0.717) is 10.6 Å². The number of anilines is 2. The number of nitrogens with two attached hydrogens (primary N) is 1. The van der Waals surface area contributed by atoms with Crippen molar-refractivity contribution >= 4 is 38.7 Å². The van der Waals surface area contributed by atoms with Crippen LogP contribution in [0.5, 0.6) is 0 Å². The van der Waals surface area contributed by atoms with Crippen LogP contribution in [0.15, 0.2) is 42.7 Å². The van der Waals surface area contributed by atoms with Crippen LogP contribution in [0.4, 0.5) is 15.8 Å². The Hall–Kier alpha value is -2.47. The van der Waals surface area contributed by atoms with Crippen LogP contribution < -0.4 is 11.1 Å². The van der Waals surface area contributed by atoms with Crippen molar-refractivity contribution < 1.29 is 9.18 Å². The number of hydrogen-bond donors (Lipinski definition) is 2. The van der Waals surface area contributed by atoms with Gasteiger partial charge in [0.2, 0.25) is 0 Å². The molecule has 1 amide bonds. The maximum Gasteiger partial charge on any atom is 0.265 e. The van der Waals surface area contributed by atoms with Crippen molar-refractivity contribution in [1.29, 1.82) is 0 Å². The average molecular weight is 287 g/mol. The fourth-order valence-corrected chi connectivity index (χ4v) is 2.77. The lowest BCUT2D eigenvalue weighted by Crippen LogP contribution is -2.11. The molecule has 3 aromatic rings. The Kier molecular flexibility index (Phi) is 3.08. The first-order valence-electron chi connectivity index (χ1n) is 5.83. The van der Waals surface area contributed by atoms with Gasteiger partial charge < -0.3 is 11.1 Å². The van der Waals surface area contributed by atoms with Gasteiger partial charge in [-0.1, -0.05) is 0 Å². The fraction of sp³-hybridized carbons (Fsp3) is 0. The molecule has 20 heavy (non-hydrogen) atoms. The minimum absolute atomic E-state index is 0.113. The van der Waals surface area contributed by atoms with Gasteiger partial charge in [0.15, 0.2) is 5.82 Å². The van der Waals surface area contributed by atoms with Gasteiger partial charge in [-0.25, -0.2) is 4.39 Å². The molecule has 3 N–H and O–H groups in total. The first-order chi connectivity index (χ1) is 9.63. The molecule has 0 spiro atoms. The summed E-state index contributed by atoms with van der Waals surface area (Å²) in [7, 11) is 0. The van der Waals surface area contributed by atoms with Gasteiger partial charge in [-0.05, 0) is 35.7 Å². The van der Waals surface area contributed by atoms with Crippen molar-refractivity contribution in [3.05, 3.63) is 53.4 Å². The molecule has 0 saturated heterocycles. The SMILES string of the molecule is Nc1ccc2sc(C(=O)Nc3ccncc3F)cc2c1. The second-order valence-electron chi connectivity index (χ2n) is 4.22.